The SMILES string of the molecule is C=CCN(CCN)S(=O)(=O)c1ccc(Cl)cc1. The van der Waals surface area contributed by atoms with Gasteiger partial charge in [-0.25, -0.2) is 8.42 Å². The van der Waals surface area contributed by atoms with E-state index in [9.17, 15) is 8.42 Å². The molecule has 0 aliphatic heterocycles. The Kier molecular flexibility index (Phi) is 5.14. The average Bonchev–Trinajstić information content (AvgIpc) is 2.29. The van der Waals surface area contributed by atoms with E-state index in [4.69, 9.17) is 17.3 Å². The predicted octanol–water partition coefficient (Wildman–Crippen LogP) is 1.48. The number of sulfonamides is 1. The Hall–Kier alpha value is -0.880. The molecule has 0 amide bonds. The molecule has 0 aliphatic carbocycles. The molecule has 6 heteroatoms. The minimum Gasteiger partial charge on any atom is -0.329 e. The van der Waals surface area contributed by atoms with Gasteiger partial charge in [-0.1, -0.05) is 17.7 Å². The zero-order valence-electron chi connectivity index (χ0n) is 9.34. The van der Waals surface area contributed by atoms with E-state index in [1.54, 1.807) is 12.1 Å². The minimum atomic E-state index is -3.52. The summed E-state index contributed by atoms with van der Waals surface area (Å²) in [6, 6.07) is 6.04. The van der Waals surface area contributed by atoms with Gasteiger partial charge in [0.1, 0.15) is 0 Å². The molecule has 94 valence electrons. The molecule has 1 aromatic rings. The van der Waals surface area contributed by atoms with Crippen LogP contribution in [0.3, 0.4) is 0 Å². The van der Waals surface area contributed by atoms with Gasteiger partial charge in [-0.3, -0.25) is 0 Å². The fourth-order valence-electron chi connectivity index (χ4n) is 1.35. The highest BCUT2D eigenvalue weighted by Gasteiger charge is 2.22. The molecule has 0 atom stereocenters. The molecule has 1 aromatic carbocycles. The third-order valence-corrected chi connectivity index (χ3v) is 4.29. The smallest absolute Gasteiger partial charge is 0.243 e. The second-order valence-electron chi connectivity index (χ2n) is 3.39. The van der Waals surface area contributed by atoms with Gasteiger partial charge in [-0.2, -0.15) is 4.31 Å². The van der Waals surface area contributed by atoms with E-state index < -0.39 is 10.0 Å². The Morgan fingerprint density at radius 2 is 1.94 bits per heavy atom. The second-order valence-corrected chi connectivity index (χ2v) is 5.77. The quantitative estimate of drug-likeness (QED) is 0.799. The normalized spacial score (nSPS) is 11.7. The molecule has 0 fully saturated rings. The van der Waals surface area contributed by atoms with Crippen molar-refractivity contribution in [1.29, 1.82) is 0 Å². The maximum absolute atomic E-state index is 12.2. The van der Waals surface area contributed by atoms with Crippen LogP contribution in [-0.2, 0) is 10.0 Å². The van der Waals surface area contributed by atoms with Crippen LogP contribution in [0.15, 0.2) is 41.8 Å². The first-order valence-corrected chi connectivity index (χ1v) is 6.91. The highest BCUT2D eigenvalue weighted by molar-refractivity contribution is 7.89. The molecule has 0 aliphatic rings. The molecule has 4 nitrogen and oxygen atoms in total. The first-order valence-electron chi connectivity index (χ1n) is 5.09. The second kappa shape index (κ2) is 6.16. The number of benzene rings is 1. The first kappa shape index (κ1) is 14.2. The lowest BCUT2D eigenvalue weighted by Gasteiger charge is -2.19. The van der Waals surface area contributed by atoms with Gasteiger partial charge >= 0.3 is 0 Å². The van der Waals surface area contributed by atoms with Crippen molar-refractivity contribution in [2.75, 3.05) is 19.6 Å². The summed E-state index contributed by atoms with van der Waals surface area (Å²) in [5.41, 5.74) is 5.40. The lowest BCUT2D eigenvalue weighted by Crippen LogP contribution is -2.35. The van der Waals surface area contributed by atoms with E-state index in [2.05, 4.69) is 6.58 Å². The van der Waals surface area contributed by atoms with Crippen LogP contribution in [0.25, 0.3) is 0 Å². The van der Waals surface area contributed by atoms with Crippen LogP contribution in [0, 0.1) is 0 Å². The number of nitrogens with zero attached hydrogens (tertiary/aromatic N) is 1. The summed E-state index contributed by atoms with van der Waals surface area (Å²) in [6.07, 6.45) is 1.53. The zero-order valence-corrected chi connectivity index (χ0v) is 10.9. The Morgan fingerprint density at radius 3 is 2.41 bits per heavy atom. The molecule has 0 heterocycles. The van der Waals surface area contributed by atoms with Gasteiger partial charge in [0.25, 0.3) is 0 Å². The van der Waals surface area contributed by atoms with Crippen LogP contribution < -0.4 is 5.73 Å². The number of nitrogens with two attached hydrogens (primary N) is 1. The topological polar surface area (TPSA) is 63.4 Å². The largest absolute Gasteiger partial charge is 0.329 e. The van der Waals surface area contributed by atoms with E-state index in [1.807, 2.05) is 0 Å². The Labute approximate surface area is 107 Å². The van der Waals surface area contributed by atoms with Gasteiger partial charge < -0.3 is 5.73 Å². The predicted molar refractivity (Wildman–Crippen MR) is 69.5 cm³/mol. The van der Waals surface area contributed by atoms with E-state index in [-0.39, 0.29) is 24.5 Å². The van der Waals surface area contributed by atoms with Gasteiger partial charge in [-0.05, 0) is 24.3 Å². The molecule has 0 bridgehead atoms. The first-order chi connectivity index (χ1) is 8.02. The highest BCUT2D eigenvalue weighted by atomic mass is 35.5. The number of hydrogen-bond donors (Lipinski definition) is 1. The van der Waals surface area contributed by atoms with Crippen LogP contribution in [0.2, 0.25) is 5.02 Å². The molecular weight excluding hydrogens is 260 g/mol. The molecule has 0 aromatic heterocycles. The number of hydrogen-bond acceptors (Lipinski definition) is 3. The van der Waals surface area contributed by atoms with Crippen LogP contribution >= 0.6 is 11.6 Å². The third kappa shape index (κ3) is 3.54. The van der Waals surface area contributed by atoms with Crippen molar-refractivity contribution >= 4 is 21.6 Å². The maximum Gasteiger partial charge on any atom is 0.243 e. The van der Waals surface area contributed by atoms with E-state index in [1.165, 1.54) is 22.5 Å². The van der Waals surface area contributed by atoms with Gasteiger partial charge in [0.05, 0.1) is 4.90 Å². The van der Waals surface area contributed by atoms with Crippen molar-refractivity contribution in [2.24, 2.45) is 5.73 Å². The van der Waals surface area contributed by atoms with Crippen molar-refractivity contribution in [3.63, 3.8) is 0 Å². The summed E-state index contributed by atoms with van der Waals surface area (Å²) in [6.45, 7) is 4.30. The number of halogens is 1. The monoisotopic (exact) mass is 274 g/mol. The van der Waals surface area contributed by atoms with Crippen LogP contribution in [0.5, 0.6) is 0 Å². The summed E-state index contributed by atoms with van der Waals surface area (Å²) < 4.78 is 25.7. The Morgan fingerprint density at radius 1 is 1.35 bits per heavy atom. The molecule has 0 radical (unpaired) electrons. The molecule has 0 unspecified atom stereocenters. The average molecular weight is 275 g/mol. The van der Waals surface area contributed by atoms with Gasteiger partial charge in [-0.15, -0.1) is 6.58 Å². The van der Waals surface area contributed by atoms with Crippen molar-refractivity contribution in [2.45, 2.75) is 4.90 Å². The van der Waals surface area contributed by atoms with Crippen LogP contribution in [0.4, 0.5) is 0 Å². The minimum absolute atomic E-state index is 0.206. The van der Waals surface area contributed by atoms with Crippen molar-refractivity contribution in [3.8, 4) is 0 Å². The lowest BCUT2D eigenvalue weighted by atomic mass is 10.4. The summed E-state index contributed by atoms with van der Waals surface area (Å²) in [5, 5.41) is 0.498. The molecule has 0 saturated carbocycles. The summed E-state index contributed by atoms with van der Waals surface area (Å²) in [7, 11) is -3.52. The van der Waals surface area contributed by atoms with Crippen LogP contribution in [0.1, 0.15) is 0 Å². The maximum atomic E-state index is 12.2. The van der Waals surface area contributed by atoms with Gasteiger partial charge in [0.15, 0.2) is 0 Å². The third-order valence-electron chi connectivity index (χ3n) is 2.16. The molecule has 1 rings (SSSR count). The fourth-order valence-corrected chi connectivity index (χ4v) is 2.90. The van der Waals surface area contributed by atoms with Gasteiger partial charge in [0, 0.05) is 24.7 Å². The Bertz CT molecular complexity index is 471. The molecule has 0 saturated heterocycles. The van der Waals surface area contributed by atoms with Crippen molar-refractivity contribution < 1.29 is 8.42 Å². The summed E-state index contributed by atoms with van der Waals surface area (Å²) in [4.78, 5) is 0.206. The summed E-state index contributed by atoms with van der Waals surface area (Å²) in [5.74, 6) is 0. The fraction of sp³-hybridized carbons (Fsp3) is 0.273. The van der Waals surface area contributed by atoms with E-state index in [0.29, 0.717) is 5.02 Å². The van der Waals surface area contributed by atoms with Gasteiger partial charge in [0.2, 0.25) is 10.0 Å². The van der Waals surface area contributed by atoms with Crippen LogP contribution in [-0.4, -0.2) is 32.4 Å². The molecule has 17 heavy (non-hydrogen) atoms. The lowest BCUT2D eigenvalue weighted by molar-refractivity contribution is 0.450. The highest BCUT2D eigenvalue weighted by Crippen LogP contribution is 2.18. The van der Waals surface area contributed by atoms with Crippen molar-refractivity contribution in [3.05, 3.63) is 41.9 Å². The standard InChI is InChI=1S/C11H15ClN2O2S/c1-2-8-14(9-7-13)17(15,16)11-5-3-10(12)4-6-11/h2-6H,1,7-9,13H2. The molecule has 2 N–H and O–H groups in total. The molecule has 0 spiro atoms. The zero-order chi connectivity index (χ0) is 12.9. The Balaban J connectivity index is 3.06. The molecular formula is C11H15ClN2O2S. The number of rotatable bonds is 6. The van der Waals surface area contributed by atoms with E-state index in [0.717, 1.165) is 0 Å². The van der Waals surface area contributed by atoms with E-state index >= 15 is 0 Å². The summed E-state index contributed by atoms with van der Waals surface area (Å²) >= 11 is 5.72. The van der Waals surface area contributed by atoms with Crippen molar-refractivity contribution in [1.82, 2.24) is 4.31 Å².